The van der Waals surface area contributed by atoms with Crippen molar-refractivity contribution in [2.24, 2.45) is 5.10 Å². The summed E-state index contributed by atoms with van der Waals surface area (Å²) in [6, 6.07) is 7.53. The minimum Gasteiger partial charge on any atom is -0.500 e. The highest BCUT2D eigenvalue weighted by Gasteiger charge is 2.19. The summed E-state index contributed by atoms with van der Waals surface area (Å²) in [5.41, 5.74) is 4.08. The maximum absolute atomic E-state index is 11.9. The van der Waals surface area contributed by atoms with Gasteiger partial charge in [-0.15, -0.1) is 0 Å². The Balaban J connectivity index is 2.06. The van der Waals surface area contributed by atoms with Gasteiger partial charge in [-0.3, -0.25) is 19.7 Å². The SMILES string of the molecule is COc1cc(/C=N/NC(=O)C(=O)Nc2ccc(C)c(C)c2)cc([N+](=O)[O-])c1O. The molecule has 0 aliphatic carbocycles. The van der Waals surface area contributed by atoms with Crippen LogP contribution in [0.3, 0.4) is 0 Å². The third-order valence-electron chi connectivity index (χ3n) is 3.84. The second-order valence-electron chi connectivity index (χ2n) is 5.80. The highest BCUT2D eigenvalue weighted by atomic mass is 16.6. The summed E-state index contributed by atoms with van der Waals surface area (Å²) < 4.78 is 4.86. The average molecular weight is 386 g/mol. The van der Waals surface area contributed by atoms with Crippen molar-refractivity contribution in [3.63, 3.8) is 0 Å². The molecule has 2 amide bonds. The summed E-state index contributed by atoms with van der Waals surface area (Å²) >= 11 is 0. The van der Waals surface area contributed by atoms with Crippen molar-refractivity contribution in [2.75, 3.05) is 12.4 Å². The fourth-order valence-electron chi connectivity index (χ4n) is 2.21. The van der Waals surface area contributed by atoms with Gasteiger partial charge in [0.1, 0.15) is 0 Å². The van der Waals surface area contributed by atoms with E-state index in [1.54, 1.807) is 12.1 Å². The Morgan fingerprint density at radius 1 is 1.18 bits per heavy atom. The largest absolute Gasteiger partial charge is 0.500 e. The van der Waals surface area contributed by atoms with Gasteiger partial charge in [-0.05, 0) is 43.2 Å². The first-order valence-electron chi connectivity index (χ1n) is 8.00. The van der Waals surface area contributed by atoms with Crippen LogP contribution in [0.1, 0.15) is 16.7 Å². The number of hydrogen-bond acceptors (Lipinski definition) is 7. The molecule has 0 atom stereocenters. The van der Waals surface area contributed by atoms with Crippen LogP contribution in [-0.2, 0) is 9.59 Å². The molecule has 0 radical (unpaired) electrons. The average Bonchev–Trinajstić information content (AvgIpc) is 2.65. The molecule has 2 aromatic rings. The number of rotatable bonds is 5. The van der Waals surface area contributed by atoms with Crippen LogP contribution in [0.4, 0.5) is 11.4 Å². The van der Waals surface area contributed by atoms with Crippen LogP contribution in [0.2, 0.25) is 0 Å². The lowest BCUT2D eigenvalue weighted by Crippen LogP contribution is -2.32. The van der Waals surface area contributed by atoms with Crippen LogP contribution in [0.5, 0.6) is 11.5 Å². The molecule has 0 aliphatic rings. The summed E-state index contributed by atoms with van der Waals surface area (Å²) in [5.74, 6) is -2.69. The maximum Gasteiger partial charge on any atom is 0.329 e. The van der Waals surface area contributed by atoms with Gasteiger partial charge in [0.25, 0.3) is 0 Å². The number of phenolic OH excluding ortho intramolecular Hbond substituents is 1. The summed E-state index contributed by atoms with van der Waals surface area (Å²) in [7, 11) is 1.23. The Bertz CT molecular complexity index is 971. The second-order valence-corrected chi connectivity index (χ2v) is 5.80. The van der Waals surface area contributed by atoms with Gasteiger partial charge in [-0.25, -0.2) is 5.43 Å². The Morgan fingerprint density at radius 2 is 1.89 bits per heavy atom. The third kappa shape index (κ3) is 4.81. The van der Waals surface area contributed by atoms with Crippen molar-refractivity contribution in [2.45, 2.75) is 13.8 Å². The molecule has 0 unspecified atom stereocenters. The van der Waals surface area contributed by atoms with Crippen LogP contribution < -0.4 is 15.5 Å². The van der Waals surface area contributed by atoms with Crippen molar-refractivity contribution < 1.29 is 24.4 Å². The minimum atomic E-state index is -1.02. The maximum atomic E-state index is 11.9. The van der Waals surface area contributed by atoms with Crippen LogP contribution in [-0.4, -0.2) is 35.2 Å². The smallest absolute Gasteiger partial charge is 0.329 e. The number of carbonyl (C=O) groups excluding carboxylic acids is 2. The van der Waals surface area contributed by atoms with E-state index in [2.05, 4.69) is 10.4 Å². The summed E-state index contributed by atoms with van der Waals surface area (Å²) in [4.78, 5) is 33.9. The minimum absolute atomic E-state index is 0.130. The van der Waals surface area contributed by atoms with Gasteiger partial charge < -0.3 is 15.2 Å². The lowest BCUT2D eigenvalue weighted by atomic mass is 10.1. The first-order chi connectivity index (χ1) is 13.2. The molecule has 0 aliphatic heterocycles. The summed E-state index contributed by atoms with van der Waals surface area (Å²) in [6.45, 7) is 3.80. The number of anilines is 1. The third-order valence-corrected chi connectivity index (χ3v) is 3.84. The standard InChI is InChI=1S/C18H18N4O6/c1-10-4-5-13(6-11(10)2)20-17(24)18(25)21-19-9-12-7-14(22(26)27)16(23)15(8-12)28-3/h4-9,23H,1-3H3,(H,20,24)(H,21,25)/b19-9+. The summed E-state index contributed by atoms with van der Waals surface area (Å²) in [6.07, 6.45) is 1.08. The van der Waals surface area contributed by atoms with E-state index in [0.29, 0.717) is 5.69 Å². The number of aromatic hydroxyl groups is 1. The molecular weight excluding hydrogens is 368 g/mol. The number of phenols is 1. The number of hydrogen-bond donors (Lipinski definition) is 3. The first-order valence-corrected chi connectivity index (χ1v) is 8.00. The fraction of sp³-hybridized carbons (Fsp3) is 0.167. The molecule has 146 valence electrons. The molecule has 0 bridgehead atoms. The predicted molar refractivity (Wildman–Crippen MR) is 102 cm³/mol. The zero-order valence-corrected chi connectivity index (χ0v) is 15.3. The second kappa shape index (κ2) is 8.62. The lowest BCUT2D eigenvalue weighted by Gasteiger charge is -2.07. The number of nitrogens with one attached hydrogen (secondary N) is 2. The molecule has 0 aromatic heterocycles. The van der Waals surface area contributed by atoms with Crippen LogP contribution >= 0.6 is 0 Å². The molecular formula is C18H18N4O6. The molecule has 2 rings (SSSR count). The van der Waals surface area contributed by atoms with Gasteiger partial charge in [0.15, 0.2) is 5.75 Å². The van der Waals surface area contributed by atoms with Crippen molar-refractivity contribution >= 4 is 29.4 Å². The van der Waals surface area contributed by atoms with Crippen LogP contribution in [0, 0.1) is 24.0 Å². The van der Waals surface area contributed by atoms with Gasteiger partial charge >= 0.3 is 17.5 Å². The molecule has 2 aromatic carbocycles. The molecule has 10 heteroatoms. The number of methoxy groups -OCH3 is 1. The van der Waals surface area contributed by atoms with Gasteiger partial charge in [0.2, 0.25) is 5.75 Å². The van der Waals surface area contributed by atoms with Crippen LogP contribution in [0.25, 0.3) is 0 Å². The van der Waals surface area contributed by atoms with Gasteiger partial charge in [-0.1, -0.05) is 6.07 Å². The topological polar surface area (TPSA) is 143 Å². The highest BCUT2D eigenvalue weighted by Crippen LogP contribution is 2.36. The number of benzene rings is 2. The van der Waals surface area contributed by atoms with Gasteiger partial charge in [0, 0.05) is 17.3 Å². The number of aryl methyl sites for hydroxylation is 2. The van der Waals surface area contributed by atoms with E-state index >= 15 is 0 Å². The molecule has 28 heavy (non-hydrogen) atoms. The zero-order chi connectivity index (χ0) is 20.8. The van der Waals surface area contributed by atoms with Crippen molar-refractivity contribution in [1.29, 1.82) is 0 Å². The van der Waals surface area contributed by atoms with Gasteiger partial charge in [0.05, 0.1) is 18.2 Å². The van der Waals surface area contributed by atoms with Crippen LogP contribution in [0.15, 0.2) is 35.4 Å². The highest BCUT2D eigenvalue weighted by molar-refractivity contribution is 6.39. The normalized spacial score (nSPS) is 10.5. The van der Waals surface area contributed by atoms with E-state index < -0.39 is 28.2 Å². The summed E-state index contributed by atoms with van der Waals surface area (Å²) in [5, 5.41) is 26.7. The van der Waals surface area contributed by atoms with Crippen molar-refractivity contribution in [1.82, 2.24) is 5.43 Å². The number of ether oxygens (including phenoxy) is 1. The predicted octanol–water partition coefficient (Wildman–Crippen LogP) is 2.01. The molecule has 0 fully saturated rings. The quantitative estimate of drug-likeness (QED) is 0.310. The Labute approximate surface area is 160 Å². The monoisotopic (exact) mass is 386 g/mol. The molecule has 0 heterocycles. The van der Waals surface area contributed by atoms with E-state index in [9.17, 15) is 24.8 Å². The van der Waals surface area contributed by atoms with Crippen molar-refractivity contribution in [3.8, 4) is 11.5 Å². The Kier molecular flexibility index (Phi) is 6.27. The van der Waals surface area contributed by atoms with E-state index in [1.165, 1.54) is 13.2 Å². The van der Waals surface area contributed by atoms with E-state index in [4.69, 9.17) is 4.74 Å². The zero-order valence-electron chi connectivity index (χ0n) is 15.3. The molecule has 10 nitrogen and oxygen atoms in total. The number of amides is 2. The Morgan fingerprint density at radius 3 is 2.50 bits per heavy atom. The van der Waals surface area contributed by atoms with E-state index in [-0.39, 0.29) is 11.3 Å². The van der Waals surface area contributed by atoms with Crippen molar-refractivity contribution in [3.05, 3.63) is 57.1 Å². The fourth-order valence-corrected chi connectivity index (χ4v) is 2.21. The first kappa shape index (κ1) is 20.4. The lowest BCUT2D eigenvalue weighted by molar-refractivity contribution is -0.386. The number of hydrazone groups is 1. The number of nitrogens with zero attached hydrogens (tertiary/aromatic N) is 2. The molecule has 0 spiro atoms. The van der Waals surface area contributed by atoms with E-state index in [1.807, 2.05) is 25.3 Å². The number of nitro groups is 1. The number of nitro benzene ring substituents is 1. The van der Waals surface area contributed by atoms with Gasteiger partial charge in [-0.2, -0.15) is 5.10 Å². The Hall–Kier alpha value is -3.95. The molecule has 0 saturated carbocycles. The molecule has 0 saturated heterocycles. The van der Waals surface area contributed by atoms with E-state index in [0.717, 1.165) is 23.4 Å². The number of carbonyl (C=O) groups is 2. The molecule has 3 N–H and O–H groups in total.